The average molecular weight is 217 g/mol. The molecule has 0 aliphatic heterocycles. The van der Waals surface area contributed by atoms with E-state index in [1.807, 2.05) is 12.1 Å². The van der Waals surface area contributed by atoms with E-state index in [2.05, 4.69) is 22.1 Å². The Balaban J connectivity index is 2.44. The van der Waals surface area contributed by atoms with E-state index >= 15 is 0 Å². The van der Waals surface area contributed by atoms with Gasteiger partial charge >= 0.3 is 0 Å². The number of nitrogens with one attached hydrogen (secondary N) is 1. The number of aromatic amines is 1. The van der Waals surface area contributed by atoms with Crippen molar-refractivity contribution in [1.29, 1.82) is 0 Å². The molecule has 0 atom stereocenters. The largest absolute Gasteiger partial charge is 0.396 e. The van der Waals surface area contributed by atoms with Gasteiger partial charge in [0.05, 0.1) is 5.69 Å². The van der Waals surface area contributed by atoms with Gasteiger partial charge in [0.15, 0.2) is 0 Å². The Hall–Kier alpha value is -1.68. The molecule has 0 aliphatic carbocycles. The minimum absolute atomic E-state index is 0.143. The highest BCUT2D eigenvalue weighted by Gasteiger charge is 2.12. The van der Waals surface area contributed by atoms with Gasteiger partial charge in [-0.3, -0.25) is 10.1 Å². The van der Waals surface area contributed by atoms with Gasteiger partial charge in [-0.2, -0.15) is 5.10 Å². The number of aliphatic hydroxyl groups excluding tert-OH is 1. The summed E-state index contributed by atoms with van der Waals surface area (Å²) in [6.45, 7) is 2.22. The van der Waals surface area contributed by atoms with Gasteiger partial charge in [0.2, 0.25) is 0 Å². The van der Waals surface area contributed by atoms with Gasteiger partial charge in [0, 0.05) is 35.8 Å². The summed E-state index contributed by atoms with van der Waals surface area (Å²) in [6.07, 6.45) is 5.03. The number of aryl methyl sites for hydroxylation is 1. The van der Waals surface area contributed by atoms with Gasteiger partial charge in [-0.1, -0.05) is 6.92 Å². The predicted octanol–water partition coefficient (Wildman–Crippen LogP) is 1.57. The smallest absolute Gasteiger partial charge is 0.0957 e. The van der Waals surface area contributed by atoms with Crippen molar-refractivity contribution in [3.63, 3.8) is 0 Å². The molecular formula is C12H15N3O. The molecule has 0 saturated carbocycles. The lowest BCUT2D eigenvalue weighted by Crippen LogP contribution is -1.96. The minimum atomic E-state index is 0.143. The van der Waals surface area contributed by atoms with Gasteiger partial charge in [-0.25, -0.2) is 0 Å². The Morgan fingerprint density at radius 1 is 1.31 bits per heavy atom. The summed E-state index contributed by atoms with van der Waals surface area (Å²) in [6, 6.07) is 3.85. The fourth-order valence-corrected chi connectivity index (χ4v) is 1.82. The normalized spacial score (nSPS) is 10.6. The minimum Gasteiger partial charge on any atom is -0.396 e. The van der Waals surface area contributed by atoms with Gasteiger partial charge in [-0.15, -0.1) is 0 Å². The van der Waals surface area contributed by atoms with Gasteiger partial charge < -0.3 is 5.11 Å². The summed E-state index contributed by atoms with van der Waals surface area (Å²) in [7, 11) is 0. The Morgan fingerprint density at radius 3 is 2.69 bits per heavy atom. The maximum Gasteiger partial charge on any atom is 0.0957 e. The first-order chi connectivity index (χ1) is 7.86. The number of hydrogen-bond acceptors (Lipinski definition) is 3. The van der Waals surface area contributed by atoms with Crippen LogP contribution in [0, 0.1) is 0 Å². The van der Waals surface area contributed by atoms with Crippen LogP contribution in [0.1, 0.15) is 18.2 Å². The lowest BCUT2D eigenvalue weighted by atomic mass is 10.0. The van der Waals surface area contributed by atoms with E-state index < -0.39 is 0 Å². The lowest BCUT2D eigenvalue weighted by Gasteiger charge is -2.02. The van der Waals surface area contributed by atoms with E-state index in [9.17, 15) is 0 Å². The Labute approximate surface area is 94.4 Å². The number of rotatable bonds is 4. The van der Waals surface area contributed by atoms with E-state index in [4.69, 9.17) is 5.11 Å². The summed E-state index contributed by atoms with van der Waals surface area (Å²) in [4.78, 5) is 3.99. The van der Waals surface area contributed by atoms with Crippen molar-refractivity contribution >= 4 is 0 Å². The van der Waals surface area contributed by atoms with Gasteiger partial charge in [0.25, 0.3) is 0 Å². The molecule has 84 valence electrons. The Kier molecular flexibility index (Phi) is 3.31. The second-order valence-electron chi connectivity index (χ2n) is 3.59. The van der Waals surface area contributed by atoms with E-state index in [-0.39, 0.29) is 6.61 Å². The first-order valence-corrected chi connectivity index (χ1v) is 5.44. The van der Waals surface area contributed by atoms with Crippen LogP contribution in [-0.4, -0.2) is 26.9 Å². The summed E-state index contributed by atoms with van der Waals surface area (Å²) < 4.78 is 0. The Bertz CT molecular complexity index is 451. The Morgan fingerprint density at radius 2 is 2.06 bits per heavy atom. The van der Waals surface area contributed by atoms with Crippen molar-refractivity contribution in [2.75, 3.05) is 6.61 Å². The zero-order valence-corrected chi connectivity index (χ0v) is 9.27. The van der Waals surface area contributed by atoms with Crippen molar-refractivity contribution in [3.05, 3.63) is 35.8 Å². The summed E-state index contributed by atoms with van der Waals surface area (Å²) in [5, 5.41) is 16.4. The number of aromatic nitrogens is 3. The number of nitrogens with zero attached hydrogens (tertiary/aromatic N) is 2. The molecule has 2 aromatic heterocycles. The summed E-state index contributed by atoms with van der Waals surface area (Å²) in [5.41, 5.74) is 4.17. The third kappa shape index (κ3) is 1.97. The second kappa shape index (κ2) is 4.90. The zero-order chi connectivity index (χ0) is 11.4. The molecule has 0 amide bonds. The van der Waals surface area contributed by atoms with Crippen LogP contribution in [0.4, 0.5) is 0 Å². The van der Waals surface area contributed by atoms with E-state index in [0.717, 1.165) is 28.9 Å². The fraction of sp³-hybridized carbons (Fsp3) is 0.333. The van der Waals surface area contributed by atoms with Crippen LogP contribution in [0.2, 0.25) is 0 Å². The molecule has 2 aromatic rings. The standard InChI is InChI=1S/C12H15N3O/c1-2-11-10(5-8-16)12(15-14-11)9-3-6-13-7-4-9/h3-4,6-7,16H,2,5,8H2,1H3,(H,14,15). The number of pyridine rings is 1. The van der Waals surface area contributed by atoms with Crippen LogP contribution in [0.3, 0.4) is 0 Å². The fourth-order valence-electron chi connectivity index (χ4n) is 1.82. The molecule has 0 radical (unpaired) electrons. The van der Waals surface area contributed by atoms with Crippen LogP contribution in [0.15, 0.2) is 24.5 Å². The molecule has 0 spiro atoms. The number of H-pyrrole nitrogens is 1. The molecular weight excluding hydrogens is 202 g/mol. The topological polar surface area (TPSA) is 61.8 Å². The number of hydrogen-bond donors (Lipinski definition) is 2. The summed E-state index contributed by atoms with van der Waals surface area (Å²) >= 11 is 0. The molecule has 2 N–H and O–H groups in total. The maximum atomic E-state index is 9.08. The average Bonchev–Trinajstić information content (AvgIpc) is 2.74. The number of aliphatic hydroxyl groups is 1. The molecule has 16 heavy (non-hydrogen) atoms. The lowest BCUT2D eigenvalue weighted by molar-refractivity contribution is 0.299. The van der Waals surface area contributed by atoms with Crippen LogP contribution in [0.25, 0.3) is 11.3 Å². The third-order valence-corrected chi connectivity index (χ3v) is 2.62. The monoisotopic (exact) mass is 217 g/mol. The second-order valence-corrected chi connectivity index (χ2v) is 3.59. The van der Waals surface area contributed by atoms with E-state index in [1.165, 1.54) is 0 Å². The van der Waals surface area contributed by atoms with Crippen molar-refractivity contribution in [3.8, 4) is 11.3 Å². The van der Waals surface area contributed by atoms with Gasteiger partial charge in [-0.05, 0) is 25.0 Å². The predicted molar refractivity (Wildman–Crippen MR) is 62.0 cm³/mol. The van der Waals surface area contributed by atoms with Crippen molar-refractivity contribution in [2.24, 2.45) is 0 Å². The molecule has 2 heterocycles. The maximum absolute atomic E-state index is 9.08. The third-order valence-electron chi connectivity index (χ3n) is 2.62. The molecule has 0 bridgehead atoms. The zero-order valence-electron chi connectivity index (χ0n) is 9.27. The highest BCUT2D eigenvalue weighted by molar-refractivity contribution is 5.63. The summed E-state index contributed by atoms with van der Waals surface area (Å²) in [5.74, 6) is 0. The van der Waals surface area contributed by atoms with Crippen molar-refractivity contribution in [1.82, 2.24) is 15.2 Å². The molecule has 0 aromatic carbocycles. The van der Waals surface area contributed by atoms with Crippen LogP contribution < -0.4 is 0 Å². The molecule has 0 saturated heterocycles. The van der Waals surface area contributed by atoms with Crippen LogP contribution >= 0.6 is 0 Å². The molecule has 4 heteroatoms. The van der Waals surface area contributed by atoms with Crippen LogP contribution in [0.5, 0.6) is 0 Å². The highest BCUT2D eigenvalue weighted by Crippen LogP contribution is 2.23. The first kappa shape index (κ1) is 10.8. The van der Waals surface area contributed by atoms with E-state index in [1.54, 1.807) is 12.4 Å². The molecule has 0 aliphatic rings. The van der Waals surface area contributed by atoms with Gasteiger partial charge in [0.1, 0.15) is 0 Å². The molecule has 2 rings (SSSR count). The SMILES string of the molecule is CCc1[nH]nc(-c2ccncc2)c1CCO. The first-order valence-electron chi connectivity index (χ1n) is 5.44. The molecule has 0 unspecified atom stereocenters. The molecule has 0 fully saturated rings. The molecule has 4 nitrogen and oxygen atoms in total. The van der Waals surface area contributed by atoms with Crippen molar-refractivity contribution in [2.45, 2.75) is 19.8 Å². The van der Waals surface area contributed by atoms with E-state index in [0.29, 0.717) is 6.42 Å². The van der Waals surface area contributed by atoms with Crippen LogP contribution in [-0.2, 0) is 12.8 Å². The quantitative estimate of drug-likeness (QED) is 0.817. The highest BCUT2D eigenvalue weighted by atomic mass is 16.2. The van der Waals surface area contributed by atoms with Crippen molar-refractivity contribution < 1.29 is 5.11 Å².